The van der Waals surface area contributed by atoms with Gasteiger partial charge in [0.1, 0.15) is 11.5 Å². The zero-order chi connectivity index (χ0) is 34.2. The number of anilines is 2. The van der Waals surface area contributed by atoms with Crippen LogP contribution in [0.25, 0.3) is 21.5 Å². The van der Waals surface area contributed by atoms with Crippen LogP contribution in [0.3, 0.4) is 0 Å². The van der Waals surface area contributed by atoms with Gasteiger partial charge in [-0.3, -0.25) is 19.2 Å². The van der Waals surface area contributed by atoms with Crippen LogP contribution in [0.5, 0.6) is 11.5 Å². The van der Waals surface area contributed by atoms with Crippen LogP contribution in [0.2, 0.25) is 0 Å². The summed E-state index contributed by atoms with van der Waals surface area (Å²) < 4.78 is 11.3. The van der Waals surface area contributed by atoms with Crippen LogP contribution in [-0.4, -0.2) is 36.8 Å². The molecular weight excluding hydrogens is 616 g/mol. The maximum Gasteiger partial charge on any atom is 0.308 e. The highest BCUT2D eigenvalue weighted by molar-refractivity contribution is 6.06. The van der Waals surface area contributed by atoms with Crippen LogP contribution in [0.15, 0.2) is 60.7 Å². The molecule has 2 heterocycles. The largest absolute Gasteiger partial charge is 0.426 e. The smallest absolute Gasteiger partial charge is 0.308 e. The van der Waals surface area contributed by atoms with Gasteiger partial charge in [0.25, 0.3) is 0 Å². The van der Waals surface area contributed by atoms with Crippen molar-refractivity contribution in [2.75, 3.05) is 22.9 Å². The minimum Gasteiger partial charge on any atom is -0.426 e. The van der Waals surface area contributed by atoms with Crippen molar-refractivity contribution in [3.63, 3.8) is 0 Å². The Labute approximate surface area is 286 Å². The Kier molecular flexibility index (Phi) is 7.36. The zero-order valence-corrected chi connectivity index (χ0v) is 28.6. The molecule has 252 valence electrons. The lowest BCUT2D eigenvalue weighted by molar-refractivity contribution is -0.209. The number of carbonyl (C=O) groups excluding carboxylic acids is 4. The SMILES string of the molecule is CCC1CN(C(=O)CC23CC(CC(=O)N4CC(CC)c5c4cc(OC(C)=O)c4ccccc54)(C2)C3)c2cc(OC(C)=O)c3ccccc3c21. The summed E-state index contributed by atoms with van der Waals surface area (Å²) in [5.74, 6) is 0.824. The highest BCUT2D eigenvalue weighted by Gasteiger charge is 2.68. The van der Waals surface area contributed by atoms with Gasteiger partial charge in [-0.05, 0) is 64.8 Å². The molecule has 8 heteroatoms. The van der Waals surface area contributed by atoms with E-state index in [1.54, 1.807) is 0 Å². The molecule has 0 N–H and O–H groups in total. The van der Waals surface area contributed by atoms with E-state index in [1.807, 2.05) is 58.3 Å². The fraction of sp³-hybridized carbons (Fsp3) is 0.415. The van der Waals surface area contributed by atoms with Crippen molar-refractivity contribution in [3.05, 3.63) is 71.8 Å². The number of ether oxygens (including phenoxy) is 2. The van der Waals surface area contributed by atoms with Gasteiger partial charge in [-0.15, -0.1) is 0 Å². The lowest BCUT2D eigenvalue weighted by Gasteiger charge is -2.71. The molecule has 3 saturated carbocycles. The Morgan fingerprint density at radius 1 is 0.633 bits per heavy atom. The molecule has 2 aliphatic heterocycles. The number of hydrogen-bond acceptors (Lipinski definition) is 6. The van der Waals surface area contributed by atoms with Gasteiger partial charge in [-0.2, -0.15) is 0 Å². The Morgan fingerprint density at radius 2 is 1.00 bits per heavy atom. The quantitative estimate of drug-likeness (QED) is 0.140. The summed E-state index contributed by atoms with van der Waals surface area (Å²) >= 11 is 0. The van der Waals surface area contributed by atoms with E-state index >= 15 is 0 Å². The summed E-state index contributed by atoms with van der Waals surface area (Å²) in [7, 11) is 0. The Bertz CT molecular complexity index is 1920. The summed E-state index contributed by atoms with van der Waals surface area (Å²) in [6.07, 6.45) is 5.34. The topological polar surface area (TPSA) is 93.2 Å². The maximum absolute atomic E-state index is 14.0. The lowest BCUT2D eigenvalue weighted by Crippen LogP contribution is -2.64. The summed E-state index contributed by atoms with van der Waals surface area (Å²) in [4.78, 5) is 55.8. The van der Waals surface area contributed by atoms with Crippen molar-refractivity contribution in [1.29, 1.82) is 0 Å². The van der Waals surface area contributed by atoms with Gasteiger partial charge in [0, 0.05) is 74.5 Å². The van der Waals surface area contributed by atoms with E-state index in [4.69, 9.17) is 9.47 Å². The van der Waals surface area contributed by atoms with Gasteiger partial charge < -0.3 is 19.3 Å². The molecule has 2 amide bonds. The first-order valence-electron chi connectivity index (χ1n) is 17.6. The van der Waals surface area contributed by atoms with Gasteiger partial charge in [-0.25, -0.2) is 0 Å². The molecule has 0 aromatic heterocycles. The highest BCUT2D eigenvalue weighted by Crippen LogP contribution is 2.76. The number of amides is 2. The van der Waals surface area contributed by atoms with Crippen molar-refractivity contribution in [2.45, 2.75) is 84.5 Å². The molecule has 4 aromatic carbocycles. The predicted octanol–water partition coefficient (Wildman–Crippen LogP) is 8.17. The number of hydrogen-bond donors (Lipinski definition) is 0. The van der Waals surface area contributed by atoms with E-state index in [0.717, 1.165) is 76.2 Å². The third-order valence-electron chi connectivity index (χ3n) is 11.7. The average molecular weight is 659 g/mol. The number of fused-ring (bicyclic) bond motifs is 6. The van der Waals surface area contributed by atoms with Gasteiger partial charge in [-0.1, -0.05) is 62.4 Å². The minimum atomic E-state index is -0.387. The van der Waals surface area contributed by atoms with E-state index in [1.165, 1.54) is 13.8 Å². The molecule has 4 aromatic rings. The predicted molar refractivity (Wildman–Crippen MR) is 189 cm³/mol. The maximum atomic E-state index is 14.0. The Hall–Kier alpha value is -4.72. The van der Waals surface area contributed by atoms with Crippen molar-refractivity contribution in [3.8, 4) is 11.5 Å². The third kappa shape index (κ3) is 5.01. The molecule has 3 aliphatic carbocycles. The Morgan fingerprint density at radius 3 is 1.35 bits per heavy atom. The summed E-state index contributed by atoms with van der Waals surface area (Å²) in [6, 6.07) is 19.7. The molecule has 49 heavy (non-hydrogen) atoms. The molecule has 2 atom stereocenters. The standard InChI is InChI=1S/C41H42N2O6/c1-5-26-19-42(32-15-34(48-24(3)44)28-11-7-9-13-30(28)38(26)32)36(46)17-40-21-41(22-40,23-40)18-37(47)43-20-27(6-2)39-31-14-10-8-12-29(31)35(16-33(39)43)49-25(4)45/h7-16,26-27H,5-6,17-23H2,1-4H3. The zero-order valence-electron chi connectivity index (χ0n) is 28.6. The fourth-order valence-corrected chi connectivity index (χ4v) is 9.88. The number of nitrogens with zero attached hydrogens (tertiary/aromatic N) is 2. The summed E-state index contributed by atoms with van der Waals surface area (Å²) in [6.45, 7) is 8.34. The molecule has 2 bridgehead atoms. The first-order chi connectivity index (χ1) is 23.5. The second-order valence-electron chi connectivity index (χ2n) is 15.0. The first kappa shape index (κ1) is 31.5. The van der Waals surface area contributed by atoms with Crippen LogP contribution >= 0.6 is 0 Å². The van der Waals surface area contributed by atoms with Crippen molar-refractivity contribution in [2.24, 2.45) is 10.8 Å². The van der Waals surface area contributed by atoms with E-state index < -0.39 is 0 Å². The molecule has 9 rings (SSSR count). The summed E-state index contributed by atoms with van der Waals surface area (Å²) in [5, 5.41) is 3.83. The molecule has 3 fully saturated rings. The number of carbonyl (C=O) groups is 4. The van der Waals surface area contributed by atoms with Crippen molar-refractivity contribution >= 4 is 56.7 Å². The van der Waals surface area contributed by atoms with Crippen molar-refractivity contribution in [1.82, 2.24) is 0 Å². The number of rotatable bonds is 8. The van der Waals surface area contributed by atoms with Crippen LogP contribution < -0.4 is 19.3 Å². The monoisotopic (exact) mass is 658 g/mol. The molecular formula is C41H42N2O6. The van der Waals surface area contributed by atoms with Crippen LogP contribution in [0.1, 0.15) is 95.6 Å². The fourth-order valence-electron chi connectivity index (χ4n) is 9.88. The van der Waals surface area contributed by atoms with Crippen LogP contribution in [0.4, 0.5) is 11.4 Å². The second-order valence-corrected chi connectivity index (χ2v) is 15.0. The van der Waals surface area contributed by atoms with E-state index in [0.29, 0.717) is 37.4 Å². The molecule has 2 unspecified atom stereocenters. The number of esters is 2. The van der Waals surface area contributed by atoms with Crippen LogP contribution in [0, 0.1) is 10.8 Å². The molecule has 5 aliphatic rings. The molecule has 0 radical (unpaired) electrons. The average Bonchev–Trinajstić information content (AvgIpc) is 3.61. The van der Waals surface area contributed by atoms with Gasteiger partial charge in [0.2, 0.25) is 11.8 Å². The first-order valence-corrected chi connectivity index (χ1v) is 17.6. The van der Waals surface area contributed by atoms with E-state index in [9.17, 15) is 19.2 Å². The third-order valence-corrected chi connectivity index (χ3v) is 11.7. The normalized spacial score (nSPS) is 24.7. The molecule has 8 nitrogen and oxygen atoms in total. The highest BCUT2D eigenvalue weighted by atomic mass is 16.5. The molecule has 0 saturated heterocycles. The van der Waals surface area contributed by atoms with Gasteiger partial charge in [0.15, 0.2) is 0 Å². The van der Waals surface area contributed by atoms with Gasteiger partial charge >= 0.3 is 11.9 Å². The Balaban J connectivity index is 0.993. The van der Waals surface area contributed by atoms with E-state index in [2.05, 4.69) is 26.0 Å². The molecule has 0 spiro atoms. The lowest BCUT2D eigenvalue weighted by atomic mass is 9.33. The van der Waals surface area contributed by atoms with Crippen molar-refractivity contribution < 1.29 is 28.7 Å². The minimum absolute atomic E-state index is 0.0645. The van der Waals surface area contributed by atoms with E-state index in [-0.39, 0.29) is 46.4 Å². The number of benzene rings is 4. The second kappa shape index (κ2) is 11.4. The van der Waals surface area contributed by atoms with Crippen LogP contribution in [-0.2, 0) is 19.2 Å². The van der Waals surface area contributed by atoms with Gasteiger partial charge in [0.05, 0.1) is 11.4 Å². The summed E-state index contributed by atoms with van der Waals surface area (Å²) in [5.41, 5.74) is 3.88.